The Bertz CT molecular complexity index is 575. The first-order valence-corrected chi connectivity index (χ1v) is 13.0. The lowest BCUT2D eigenvalue weighted by Gasteiger charge is -2.38. The second-order valence-corrected chi connectivity index (χ2v) is 12.3. The molecule has 0 aliphatic carbocycles. The average Bonchev–Trinajstić information content (AvgIpc) is 2.73. The third-order valence-corrected chi connectivity index (χ3v) is 10.3. The fourth-order valence-corrected chi connectivity index (χ4v) is 6.49. The molecular weight excluding hydrogens is 368 g/mol. The summed E-state index contributed by atoms with van der Waals surface area (Å²) in [7, 11) is -0.382. The van der Waals surface area contributed by atoms with Crippen LogP contribution in [0.2, 0.25) is 18.1 Å². The molecule has 4 nitrogen and oxygen atoms in total. The Morgan fingerprint density at radius 3 is 2.21 bits per heavy atom. The molecule has 0 aliphatic rings. The zero-order valence-corrected chi connectivity index (χ0v) is 19.4. The van der Waals surface area contributed by atoms with E-state index in [1.807, 2.05) is 24.3 Å². The van der Waals surface area contributed by atoms with E-state index in [4.69, 9.17) is 13.9 Å². The summed E-state index contributed by atoms with van der Waals surface area (Å²) < 4.78 is 17.6. The topological polar surface area (TPSA) is 44.8 Å². The van der Waals surface area contributed by atoms with Gasteiger partial charge in [-0.3, -0.25) is 0 Å². The van der Waals surface area contributed by atoms with E-state index in [1.165, 1.54) is 18.7 Å². The Hall–Kier alpha value is -1.43. The van der Waals surface area contributed by atoms with Crippen LogP contribution in [-0.2, 0) is 25.3 Å². The summed E-state index contributed by atoms with van der Waals surface area (Å²) in [5.74, 6) is -0.00736. The van der Waals surface area contributed by atoms with E-state index in [2.05, 4.69) is 46.8 Å². The normalized spacial score (nSPS) is 15.4. The van der Waals surface area contributed by atoms with Crippen molar-refractivity contribution in [2.75, 3.05) is 13.7 Å². The number of hydrogen-bond donors (Lipinski definition) is 0. The molecule has 3 atom stereocenters. The molecule has 0 unspecified atom stereocenters. The molecule has 1 aromatic carbocycles. The van der Waals surface area contributed by atoms with Gasteiger partial charge in [0.1, 0.15) is 0 Å². The quantitative estimate of drug-likeness (QED) is 0.243. The highest BCUT2D eigenvalue weighted by molar-refractivity contribution is 6.73. The number of carbonyl (C=O) groups is 1. The summed E-state index contributed by atoms with van der Waals surface area (Å²) >= 11 is 0. The van der Waals surface area contributed by atoms with Gasteiger partial charge in [-0.15, -0.1) is 0 Å². The molecule has 0 spiro atoms. The maximum absolute atomic E-state index is 11.5. The lowest BCUT2D eigenvalue weighted by molar-refractivity contribution is -0.134. The number of methoxy groups -OCH3 is 1. The molecule has 1 aromatic rings. The van der Waals surface area contributed by atoms with Crippen molar-refractivity contribution in [3.8, 4) is 0 Å². The molecule has 0 amide bonds. The van der Waals surface area contributed by atoms with Gasteiger partial charge in [-0.2, -0.15) is 0 Å². The molecular formula is C23H38O4Si. The van der Waals surface area contributed by atoms with Crippen molar-refractivity contribution in [2.45, 2.75) is 65.5 Å². The van der Waals surface area contributed by atoms with Gasteiger partial charge in [0.15, 0.2) is 8.32 Å². The minimum absolute atomic E-state index is 0.0168. The van der Waals surface area contributed by atoms with Gasteiger partial charge in [0, 0.05) is 12.0 Å². The van der Waals surface area contributed by atoms with E-state index in [9.17, 15) is 4.79 Å². The molecule has 0 saturated heterocycles. The predicted molar refractivity (Wildman–Crippen MR) is 118 cm³/mol. The van der Waals surface area contributed by atoms with Gasteiger partial charge >= 0.3 is 5.97 Å². The highest BCUT2D eigenvalue weighted by Crippen LogP contribution is 2.30. The van der Waals surface area contributed by atoms with Crippen LogP contribution in [0, 0.1) is 11.8 Å². The van der Waals surface area contributed by atoms with Crippen molar-refractivity contribution >= 4 is 14.3 Å². The van der Waals surface area contributed by atoms with E-state index in [0.29, 0.717) is 13.2 Å². The average molecular weight is 407 g/mol. The Morgan fingerprint density at radius 1 is 1.07 bits per heavy atom. The van der Waals surface area contributed by atoms with Gasteiger partial charge in [0.2, 0.25) is 0 Å². The lowest BCUT2D eigenvalue weighted by Crippen LogP contribution is -2.45. The van der Waals surface area contributed by atoms with Gasteiger partial charge < -0.3 is 13.9 Å². The van der Waals surface area contributed by atoms with Crippen molar-refractivity contribution in [3.63, 3.8) is 0 Å². The molecule has 0 fully saturated rings. The number of hydrogen-bond acceptors (Lipinski definition) is 4. The third kappa shape index (κ3) is 7.90. The minimum atomic E-state index is -1.78. The Labute approximate surface area is 172 Å². The number of carbonyl (C=O) groups excluding carboxylic acids is 1. The molecule has 5 heteroatoms. The van der Waals surface area contributed by atoms with Crippen molar-refractivity contribution < 1.29 is 18.7 Å². The van der Waals surface area contributed by atoms with Crippen molar-refractivity contribution in [1.29, 1.82) is 0 Å². The maximum atomic E-state index is 11.5. The van der Waals surface area contributed by atoms with Crippen molar-refractivity contribution in [3.05, 3.63) is 48.0 Å². The zero-order chi connectivity index (χ0) is 21.0. The molecule has 0 heterocycles. The zero-order valence-electron chi connectivity index (χ0n) is 18.4. The molecule has 0 aliphatic heterocycles. The molecule has 28 heavy (non-hydrogen) atoms. The van der Waals surface area contributed by atoms with Gasteiger partial charge in [-0.25, -0.2) is 4.79 Å². The van der Waals surface area contributed by atoms with Crippen LogP contribution >= 0.6 is 0 Å². The lowest BCUT2D eigenvalue weighted by atomic mass is 9.93. The second kappa shape index (κ2) is 12.9. The summed E-state index contributed by atoms with van der Waals surface area (Å²) in [6.07, 6.45) is 3.43. The first kappa shape index (κ1) is 24.6. The molecule has 0 aromatic heterocycles. The summed E-state index contributed by atoms with van der Waals surface area (Å²) in [4.78, 5) is 11.5. The minimum Gasteiger partial charge on any atom is -0.466 e. The van der Waals surface area contributed by atoms with Crippen LogP contribution in [0.25, 0.3) is 0 Å². The van der Waals surface area contributed by atoms with Crippen LogP contribution in [0.1, 0.15) is 40.2 Å². The summed E-state index contributed by atoms with van der Waals surface area (Å²) in [6.45, 7) is 12.2. The van der Waals surface area contributed by atoms with E-state index in [-0.39, 0.29) is 23.9 Å². The third-order valence-electron chi connectivity index (χ3n) is 5.63. The number of ether oxygens (including phenoxy) is 2. The number of benzene rings is 1. The highest BCUT2D eigenvalue weighted by atomic mass is 28.4. The summed E-state index contributed by atoms with van der Waals surface area (Å²) in [5, 5.41) is 0. The molecule has 0 saturated carbocycles. The first-order chi connectivity index (χ1) is 13.4. The van der Waals surface area contributed by atoms with Crippen LogP contribution in [0.4, 0.5) is 0 Å². The van der Waals surface area contributed by atoms with Crippen LogP contribution < -0.4 is 0 Å². The van der Waals surface area contributed by atoms with Crippen LogP contribution in [0.15, 0.2) is 42.5 Å². The second-order valence-electron chi connectivity index (χ2n) is 7.55. The van der Waals surface area contributed by atoms with Crippen molar-refractivity contribution in [2.24, 2.45) is 11.8 Å². The highest BCUT2D eigenvalue weighted by Gasteiger charge is 2.35. The standard InChI is InChI=1S/C23H38O4Si/c1-7-28(8-2,9-3)27-23(19(4)15-16-22(24)25-6)20(5)17-26-18-21-13-11-10-12-14-21/h10-16,19-20,23H,7-9,17-18H2,1-6H3/b16-15+/t19-,20-,23+/m0/s1. The van der Waals surface area contributed by atoms with Crippen LogP contribution in [-0.4, -0.2) is 34.1 Å². The van der Waals surface area contributed by atoms with E-state index in [0.717, 1.165) is 18.1 Å². The first-order valence-electron chi connectivity index (χ1n) is 10.5. The fourth-order valence-electron chi connectivity index (χ4n) is 3.47. The summed E-state index contributed by atoms with van der Waals surface area (Å²) in [6, 6.07) is 13.5. The van der Waals surface area contributed by atoms with Gasteiger partial charge in [-0.1, -0.05) is 71.0 Å². The molecule has 0 bridgehead atoms. The molecule has 0 radical (unpaired) electrons. The van der Waals surface area contributed by atoms with E-state index >= 15 is 0 Å². The van der Waals surface area contributed by atoms with Gasteiger partial charge in [-0.05, 0) is 29.6 Å². The van der Waals surface area contributed by atoms with Gasteiger partial charge in [0.25, 0.3) is 0 Å². The predicted octanol–water partition coefficient (Wildman–Crippen LogP) is 5.60. The molecule has 158 valence electrons. The van der Waals surface area contributed by atoms with Crippen molar-refractivity contribution in [1.82, 2.24) is 0 Å². The van der Waals surface area contributed by atoms with Crippen LogP contribution in [0.3, 0.4) is 0 Å². The summed E-state index contributed by atoms with van der Waals surface area (Å²) in [5.41, 5.74) is 1.17. The number of esters is 1. The Balaban J connectivity index is 2.84. The Morgan fingerprint density at radius 2 is 1.68 bits per heavy atom. The largest absolute Gasteiger partial charge is 0.466 e. The smallest absolute Gasteiger partial charge is 0.330 e. The Kier molecular flexibility index (Phi) is 11.3. The number of rotatable bonds is 13. The van der Waals surface area contributed by atoms with Crippen LogP contribution in [0.5, 0.6) is 0 Å². The maximum Gasteiger partial charge on any atom is 0.330 e. The van der Waals surface area contributed by atoms with E-state index in [1.54, 1.807) is 0 Å². The fraction of sp³-hybridized carbons (Fsp3) is 0.609. The molecule has 0 N–H and O–H groups in total. The molecule has 1 rings (SSSR count). The SMILES string of the molecule is CC[Si](CC)(CC)O[C@H]([C@@H](C)/C=C/C(=O)OC)[C@@H](C)COCc1ccccc1. The van der Waals surface area contributed by atoms with Gasteiger partial charge in [0.05, 0.1) is 26.4 Å². The van der Waals surface area contributed by atoms with E-state index < -0.39 is 8.32 Å². The monoisotopic (exact) mass is 406 g/mol.